The minimum atomic E-state index is -3.62. The van der Waals surface area contributed by atoms with Crippen LogP contribution in [0.15, 0.2) is 23.1 Å². The molecule has 7 heteroatoms. The lowest BCUT2D eigenvalue weighted by Gasteiger charge is -2.24. The van der Waals surface area contributed by atoms with Crippen molar-refractivity contribution in [3.63, 3.8) is 0 Å². The molecule has 2 aliphatic rings. The summed E-state index contributed by atoms with van der Waals surface area (Å²) in [5.41, 5.74) is 0.543. The average Bonchev–Trinajstić information content (AvgIpc) is 3.17. The summed E-state index contributed by atoms with van der Waals surface area (Å²) >= 11 is 6.01. The minimum absolute atomic E-state index is 0.0346. The first-order chi connectivity index (χ1) is 11.4. The molecule has 0 bridgehead atoms. The number of nitrogens with one attached hydrogen (secondary N) is 1. The molecule has 24 heavy (non-hydrogen) atoms. The van der Waals surface area contributed by atoms with E-state index < -0.39 is 10.0 Å². The maximum Gasteiger partial charge on any atom is 0.240 e. The van der Waals surface area contributed by atoms with E-state index in [4.69, 9.17) is 11.6 Å². The fraction of sp³-hybridized carbons (Fsp3) is 0.588. The number of benzene rings is 1. The SMILES string of the molecule is Cc1c(Cl)cccc1S(=O)(=O)NCC1CC(=O)N(C2CCCC2)C1. The van der Waals surface area contributed by atoms with Gasteiger partial charge in [0.15, 0.2) is 0 Å². The van der Waals surface area contributed by atoms with Gasteiger partial charge in [0, 0.05) is 30.6 Å². The minimum Gasteiger partial charge on any atom is -0.339 e. The number of carbonyl (C=O) groups is 1. The number of amides is 1. The third-order valence-corrected chi connectivity index (χ3v) is 7.05. The van der Waals surface area contributed by atoms with Gasteiger partial charge in [0.05, 0.1) is 4.90 Å². The zero-order valence-electron chi connectivity index (χ0n) is 13.8. The predicted octanol–water partition coefficient (Wildman–Crippen LogP) is 2.72. The Bertz CT molecular complexity index is 729. The van der Waals surface area contributed by atoms with Gasteiger partial charge >= 0.3 is 0 Å². The summed E-state index contributed by atoms with van der Waals surface area (Å²) in [4.78, 5) is 14.4. The molecular formula is C17H23ClN2O3S. The maximum absolute atomic E-state index is 12.5. The van der Waals surface area contributed by atoms with Gasteiger partial charge in [-0.05, 0) is 43.4 Å². The number of hydrogen-bond acceptors (Lipinski definition) is 3. The lowest BCUT2D eigenvalue weighted by molar-refractivity contribution is -0.129. The van der Waals surface area contributed by atoms with Crippen LogP contribution in [0.3, 0.4) is 0 Å². The molecule has 1 N–H and O–H groups in total. The molecule has 0 radical (unpaired) electrons. The molecule has 1 aliphatic heterocycles. The van der Waals surface area contributed by atoms with Crippen LogP contribution in [-0.2, 0) is 14.8 Å². The van der Waals surface area contributed by atoms with E-state index in [0.29, 0.717) is 29.6 Å². The van der Waals surface area contributed by atoms with Gasteiger partial charge in [-0.25, -0.2) is 13.1 Å². The number of likely N-dealkylation sites (tertiary alicyclic amines) is 1. The Morgan fingerprint density at radius 2 is 2.00 bits per heavy atom. The molecular weight excluding hydrogens is 348 g/mol. The van der Waals surface area contributed by atoms with Gasteiger partial charge in [-0.15, -0.1) is 0 Å². The van der Waals surface area contributed by atoms with Crippen molar-refractivity contribution < 1.29 is 13.2 Å². The molecule has 1 aliphatic carbocycles. The summed E-state index contributed by atoms with van der Waals surface area (Å²) < 4.78 is 27.7. The molecule has 132 valence electrons. The number of halogens is 1. The van der Waals surface area contributed by atoms with Crippen LogP contribution in [-0.4, -0.2) is 38.4 Å². The Balaban J connectivity index is 1.63. The van der Waals surface area contributed by atoms with E-state index in [9.17, 15) is 13.2 Å². The summed E-state index contributed by atoms with van der Waals surface area (Å²) in [6, 6.07) is 5.21. The Labute approximate surface area is 148 Å². The van der Waals surface area contributed by atoms with Crippen LogP contribution in [0.5, 0.6) is 0 Å². The molecule has 1 atom stereocenters. The lowest BCUT2D eigenvalue weighted by atomic mass is 10.1. The summed E-state index contributed by atoms with van der Waals surface area (Å²) in [6.45, 7) is 2.63. The Morgan fingerprint density at radius 3 is 2.71 bits per heavy atom. The molecule has 5 nitrogen and oxygen atoms in total. The Hall–Kier alpha value is -1.11. The summed E-state index contributed by atoms with van der Waals surface area (Å²) in [5, 5.41) is 0.432. The molecule has 3 rings (SSSR count). The molecule has 1 aromatic rings. The highest BCUT2D eigenvalue weighted by atomic mass is 35.5. The molecule has 1 heterocycles. The Kier molecular flexibility index (Phi) is 5.18. The second kappa shape index (κ2) is 7.02. The van der Waals surface area contributed by atoms with Crippen LogP contribution in [0.4, 0.5) is 0 Å². The molecule has 1 aromatic carbocycles. The van der Waals surface area contributed by atoms with Crippen LogP contribution in [0.1, 0.15) is 37.7 Å². The first kappa shape index (κ1) is 17.7. The molecule has 1 saturated carbocycles. The first-order valence-electron chi connectivity index (χ1n) is 8.43. The normalized spacial score (nSPS) is 22.5. The summed E-state index contributed by atoms with van der Waals surface area (Å²) in [5.74, 6) is 0.192. The van der Waals surface area contributed by atoms with Crippen LogP contribution in [0, 0.1) is 12.8 Å². The van der Waals surface area contributed by atoms with E-state index in [2.05, 4.69) is 4.72 Å². The van der Waals surface area contributed by atoms with Crippen LogP contribution in [0.25, 0.3) is 0 Å². The van der Waals surface area contributed by atoms with Gasteiger partial charge in [-0.3, -0.25) is 4.79 Å². The van der Waals surface area contributed by atoms with Crippen molar-refractivity contribution in [3.8, 4) is 0 Å². The van der Waals surface area contributed by atoms with E-state index in [0.717, 1.165) is 12.8 Å². The number of hydrogen-bond donors (Lipinski definition) is 1. The van der Waals surface area contributed by atoms with Crippen LogP contribution in [0.2, 0.25) is 5.02 Å². The van der Waals surface area contributed by atoms with Gasteiger partial charge in [-0.1, -0.05) is 30.5 Å². The predicted molar refractivity (Wildman–Crippen MR) is 93.5 cm³/mol. The largest absolute Gasteiger partial charge is 0.339 e. The van der Waals surface area contributed by atoms with Crippen molar-refractivity contribution >= 4 is 27.5 Å². The highest BCUT2D eigenvalue weighted by molar-refractivity contribution is 7.89. The van der Waals surface area contributed by atoms with Crippen molar-refractivity contribution in [1.29, 1.82) is 0 Å². The van der Waals surface area contributed by atoms with Gasteiger partial charge in [-0.2, -0.15) is 0 Å². The molecule has 0 spiro atoms. The van der Waals surface area contributed by atoms with E-state index >= 15 is 0 Å². The van der Waals surface area contributed by atoms with Crippen molar-refractivity contribution in [2.75, 3.05) is 13.1 Å². The Morgan fingerprint density at radius 1 is 1.29 bits per heavy atom. The lowest BCUT2D eigenvalue weighted by Crippen LogP contribution is -2.36. The van der Waals surface area contributed by atoms with E-state index in [1.165, 1.54) is 12.8 Å². The third kappa shape index (κ3) is 3.60. The van der Waals surface area contributed by atoms with Crippen molar-refractivity contribution in [3.05, 3.63) is 28.8 Å². The van der Waals surface area contributed by atoms with Crippen LogP contribution >= 0.6 is 11.6 Å². The summed E-state index contributed by atoms with van der Waals surface area (Å²) in [6.07, 6.45) is 4.94. The fourth-order valence-corrected chi connectivity index (χ4v) is 5.31. The molecule has 1 saturated heterocycles. The highest BCUT2D eigenvalue weighted by Gasteiger charge is 2.35. The fourth-order valence-electron chi connectivity index (χ4n) is 3.70. The van der Waals surface area contributed by atoms with Gasteiger partial charge < -0.3 is 4.90 Å². The van der Waals surface area contributed by atoms with E-state index in [-0.39, 0.29) is 23.3 Å². The van der Waals surface area contributed by atoms with E-state index in [1.54, 1.807) is 25.1 Å². The number of carbonyl (C=O) groups excluding carboxylic acids is 1. The smallest absolute Gasteiger partial charge is 0.240 e. The molecule has 1 unspecified atom stereocenters. The summed E-state index contributed by atoms with van der Waals surface area (Å²) in [7, 11) is -3.62. The number of sulfonamides is 1. The first-order valence-corrected chi connectivity index (χ1v) is 10.3. The number of nitrogens with zero attached hydrogens (tertiary/aromatic N) is 1. The van der Waals surface area contributed by atoms with Crippen molar-refractivity contribution in [1.82, 2.24) is 9.62 Å². The standard InChI is InChI=1S/C17H23ClN2O3S/c1-12-15(18)7-4-8-16(12)24(22,23)19-10-13-9-17(21)20(11-13)14-5-2-3-6-14/h4,7-8,13-14,19H,2-3,5-6,9-11H2,1H3. The molecule has 0 aromatic heterocycles. The molecule has 2 fully saturated rings. The molecule has 1 amide bonds. The van der Waals surface area contributed by atoms with Crippen LogP contribution < -0.4 is 4.72 Å². The third-order valence-electron chi connectivity index (χ3n) is 5.07. The highest BCUT2D eigenvalue weighted by Crippen LogP contribution is 2.29. The van der Waals surface area contributed by atoms with E-state index in [1.807, 2.05) is 4.90 Å². The zero-order valence-corrected chi connectivity index (χ0v) is 15.4. The van der Waals surface area contributed by atoms with Gasteiger partial charge in [0.1, 0.15) is 0 Å². The van der Waals surface area contributed by atoms with Crippen molar-refractivity contribution in [2.24, 2.45) is 5.92 Å². The quantitative estimate of drug-likeness (QED) is 0.866. The topological polar surface area (TPSA) is 66.5 Å². The maximum atomic E-state index is 12.5. The average molecular weight is 371 g/mol. The van der Waals surface area contributed by atoms with Crippen molar-refractivity contribution in [2.45, 2.75) is 50.0 Å². The van der Waals surface area contributed by atoms with Gasteiger partial charge in [0.2, 0.25) is 15.9 Å². The number of rotatable bonds is 5. The second-order valence-corrected chi connectivity index (χ2v) is 8.91. The monoisotopic (exact) mass is 370 g/mol. The zero-order chi connectivity index (χ0) is 17.3. The van der Waals surface area contributed by atoms with Gasteiger partial charge in [0.25, 0.3) is 0 Å². The second-order valence-electron chi connectivity index (χ2n) is 6.77.